The first-order valence-electron chi connectivity index (χ1n) is 4.60. The van der Waals surface area contributed by atoms with E-state index in [2.05, 4.69) is 11.8 Å². The first-order chi connectivity index (χ1) is 4.86. The quantitative estimate of drug-likeness (QED) is 0.527. The van der Waals surface area contributed by atoms with Crippen molar-refractivity contribution in [2.75, 3.05) is 13.1 Å². The second-order valence-electron chi connectivity index (χ2n) is 4.37. The van der Waals surface area contributed by atoms with Crippen LogP contribution in [-0.4, -0.2) is 24.0 Å². The summed E-state index contributed by atoms with van der Waals surface area (Å²) in [6, 6.07) is 1.03. The predicted octanol–water partition coefficient (Wildman–Crippen LogP) is 1.35. The number of rotatable bonds is 1. The first kappa shape index (κ1) is 5.59. The van der Waals surface area contributed by atoms with Crippen molar-refractivity contribution < 1.29 is 0 Å². The summed E-state index contributed by atoms with van der Waals surface area (Å²) in [7, 11) is 0. The minimum atomic E-state index is 1.03. The number of fused-ring (bicyclic) bond motifs is 1. The highest BCUT2D eigenvalue weighted by atomic mass is 15.2. The molecule has 0 radical (unpaired) electrons. The van der Waals surface area contributed by atoms with Crippen LogP contribution in [0.3, 0.4) is 0 Å². The molecule has 1 aliphatic heterocycles. The lowest BCUT2D eigenvalue weighted by molar-refractivity contribution is 0.279. The number of hydrogen-bond donors (Lipinski definition) is 0. The van der Waals surface area contributed by atoms with Crippen LogP contribution in [0.5, 0.6) is 0 Å². The van der Waals surface area contributed by atoms with E-state index < -0.39 is 0 Å². The molecule has 0 N–H and O–H groups in total. The molecule has 1 nitrogen and oxygen atoms in total. The molecule has 3 fully saturated rings. The summed E-state index contributed by atoms with van der Waals surface area (Å²) in [5.74, 6) is 3.30. The summed E-state index contributed by atoms with van der Waals surface area (Å²) < 4.78 is 0. The summed E-state index contributed by atoms with van der Waals surface area (Å²) in [4.78, 5) is 2.72. The largest absolute Gasteiger partial charge is 0.300 e. The van der Waals surface area contributed by atoms with Gasteiger partial charge in [0.2, 0.25) is 0 Å². The third kappa shape index (κ3) is 0.619. The van der Waals surface area contributed by atoms with E-state index in [1.807, 2.05) is 0 Å². The van der Waals surface area contributed by atoms with Gasteiger partial charge in [0.1, 0.15) is 0 Å². The highest BCUT2D eigenvalue weighted by Gasteiger charge is 2.54. The monoisotopic (exact) mass is 137 g/mol. The summed E-state index contributed by atoms with van der Waals surface area (Å²) in [6.07, 6.45) is 2.99. The van der Waals surface area contributed by atoms with Crippen molar-refractivity contribution in [1.29, 1.82) is 0 Å². The Labute approximate surface area is 62.4 Å². The van der Waals surface area contributed by atoms with Crippen molar-refractivity contribution in [3.8, 4) is 0 Å². The smallest absolute Gasteiger partial charge is 0.00966 e. The zero-order valence-corrected chi connectivity index (χ0v) is 6.59. The molecule has 56 valence electrons. The molecular formula is C9H15N. The number of piperidine rings is 1. The maximum absolute atomic E-state index is 2.72. The van der Waals surface area contributed by atoms with E-state index in [-0.39, 0.29) is 0 Å². The van der Waals surface area contributed by atoms with E-state index in [1.165, 1.54) is 25.9 Å². The molecule has 1 saturated heterocycles. The highest BCUT2D eigenvalue weighted by molar-refractivity contribution is 5.05. The van der Waals surface area contributed by atoms with Gasteiger partial charge in [-0.15, -0.1) is 0 Å². The Hall–Kier alpha value is -0.0400. The van der Waals surface area contributed by atoms with E-state index in [0.29, 0.717) is 0 Å². The Morgan fingerprint density at radius 3 is 2.20 bits per heavy atom. The highest BCUT2D eigenvalue weighted by Crippen LogP contribution is 2.53. The Morgan fingerprint density at radius 1 is 1.10 bits per heavy atom. The molecule has 1 unspecified atom stereocenters. The Balaban J connectivity index is 1.66. The summed E-state index contributed by atoms with van der Waals surface area (Å²) in [5, 5.41) is 0. The molecule has 1 heterocycles. The zero-order chi connectivity index (χ0) is 6.72. The molecule has 1 heteroatoms. The molecule has 2 aliphatic carbocycles. The van der Waals surface area contributed by atoms with Crippen molar-refractivity contribution in [3.05, 3.63) is 0 Å². The Kier molecular flexibility index (Phi) is 0.883. The second-order valence-corrected chi connectivity index (χ2v) is 4.37. The normalized spacial score (nSPS) is 53.1. The van der Waals surface area contributed by atoms with Crippen LogP contribution in [-0.2, 0) is 0 Å². The van der Waals surface area contributed by atoms with Crippen LogP contribution in [0.25, 0.3) is 0 Å². The molecule has 0 aromatic carbocycles. The fourth-order valence-electron chi connectivity index (χ4n) is 2.59. The van der Waals surface area contributed by atoms with Crippen LogP contribution in [0.2, 0.25) is 0 Å². The SMILES string of the molecule is CC1[C@H]2CN(C3CC3)C[C@@H]12. The van der Waals surface area contributed by atoms with E-state index >= 15 is 0 Å². The van der Waals surface area contributed by atoms with Crippen LogP contribution >= 0.6 is 0 Å². The van der Waals surface area contributed by atoms with Gasteiger partial charge in [0.05, 0.1) is 0 Å². The predicted molar refractivity (Wildman–Crippen MR) is 40.7 cm³/mol. The molecule has 10 heavy (non-hydrogen) atoms. The molecule has 0 aromatic heterocycles. The zero-order valence-electron chi connectivity index (χ0n) is 6.59. The fraction of sp³-hybridized carbons (Fsp3) is 1.00. The van der Waals surface area contributed by atoms with Gasteiger partial charge in [0.25, 0.3) is 0 Å². The first-order valence-corrected chi connectivity index (χ1v) is 4.60. The topological polar surface area (TPSA) is 3.24 Å². The maximum atomic E-state index is 2.72. The van der Waals surface area contributed by atoms with Crippen molar-refractivity contribution >= 4 is 0 Å². The molecule has 0 amide bonds. The average molecular weight is 137 g/mol. The van der Waals surface area contributed by atoms with Gasteiger partial charge in [-0.1, -0.05) is 6.92 Å². The van der Waals surface area contributed by atoms with Crippen molar-refractivity contribution in [1.82, 2.24) is 4.90 Å². The number of nitrogens with zero attached hydrogens (tertiary/aromatic N) is 1. The average Bonchev–Trinajstić information content (AvgIpc) is 2.79. The van der Waals surface area contributed by atoms with Crippen molar-refractivity contribution in [2.45, 2.75) is 25.8 Å². The lowest BCUT2D eigenvalue weighted by Gasteiger charge is -2.16. The van der Waals surface area contributed by atoms with Crippen LogP contribution in [0.15, 0.2) is 0 Å². The molecule has 3 aliphatic rings. The number of likely N-dealkylation sites (tertiary alicyclic amines) is 1. The van der Waals surface area contributed by atoms with E-state index in [1.54, 1.807) is 0 Å². The summed E-state index contributed by atoms with van der Waals surface area (Å²) >= 11 is 0. The number of hydrogen-bond acceptors (Lipinski definition) is 1. The molecule has 0 aromatic rings. The Bertz CT molecular complexity index is 150. The maximum Gasteiger partial charge on any atom is 0.00966 e. The summed E-state index contributed by atoms with van der Waals surface area (Å²) in [5.41, 5.74) is 0. The van der Waals surface area contributed by atoms with E-state index in [0.717, 1.165) is 23.8 Å². The minimum absolute atomic E-state index is 1.03. The van der Waals surface area contributed by atoms with Gasteiger partial charge >= 0.3 is 0 Å². The van der Waals surface area contributed by atoms with Gasteiger partial charge in [0.15, 0.2) is 0 Å². The van der Waals surface area contributed by atoms with Crippen molar-refractivity contribution in [3.63, 3.8) is 0 Å². The van der Waals surface area contributed by atoms with Gasteiger partial charge in [0, 0.05) is 19.1 Å². The van der Waals surface area contributed by atoms with Gasteiger partial charge < -0.3 is 0 Å². The lowest BCUT2D eigenvalue weighted by atomic mass is 10.3. The van der Waals surface area contributed by atoms with Crippen LogP contribution in [0.4, 0.5) is 0 Å². The van der Waals surface area contributed by atoms with Gasteiger partial charge in [-0.2, -0.15) is 0 Å². The standard InChI is InChI=1S/C9H15N/c1-6-8-4-10(5-9(6)8)7-2-3-7/h6-9H,2-5H2,1H3/t6?,8-,9+. The molecular weight excluding hydrogens is 122 g/mol. The van der Waals surface area contributed by atoms with Gasteiger partial charge in [-0.3, -0.25) is 4.90 Å². The van der Waals surface area contributed by atoms with Gasteiger partial charge in [-0.25, -0.2) is 0 Å². The fourth-order valence-corrected chi connectivity index (χ4v) is 2.59. The summed E-state index contributed by atoms with van der Waals surface area (Å²) in [6.45, 7) is 5.30. The van der Waals surface area contributed by atoms with Gasteiger partial charge in [-0.05, 0) is 30.6 Å². The molecule has 0 bridgehead atoms. The van der Waals surface area contributed by atoms with E-state index in [4.69, 9.17) is 0 Å². The van der Waals surface area contributed by atoms with Crippen LogP contribution in [0, 0.1) is 17.8 Å². The second kappa shape index (κ2) is 1.58. The molecule has 3 rings (SSSR count). The minimum Gasteiger partial charge on any atom is -0.300 e. The third-order valence-corrected chi connectivity index (χ3v) is 3.71. The van der Waals surface area contributed by atoms with Crippen molar-refractivity contribution in [2.24, 2.45) is 17.8 Å². The van der Waals surface area contributed by atoms with Crippen LogP contribution < -0.4 is 0 Å². The van der Waals surface area contributed by atoms with Crippen LogP contribution in [0.1, 0.15) is 19.8 Å². The van der Waals surface area contributed by atoms with E-state index in [9.17, 15) is 0 Å². The lowest BCUT2D eigenvalue weighted by Crippen LogP contribution is -2.26. The molecule has 2 saturated carbocycles. The Morgan fingerprint density at radius 2 is 1.70 bits per heavy atom. The third-order valence-electron chi connectivity index (χ3n) is 3.71. The molecule has 0 spiro atoms. The molecule has 3 atom stereocenters.